The summed E-state index contributed by atoms with van der Waals surface area (Å²) in [5.74, 6) is 1.67. The molecule has 1 N–H and O–H groups in total. The molecule has 3 atom stereocenters. The fourth-order valence-electron chi connectivity index (χ4n) is 5.91. The zero-order valence-corrected chi connectivity index (χ0v) is 19.5. The highest BCUT2D eigenvalue weighted by atomic mass is 79.9. The summed E-state index contributed by atoms with van der Waals surface area (Å²) in [7, 11) is 1.71. The van der Waals surface area contributed by atoms with Gasteiger partial charge in [-0.3, -0.25) is 4.90 Å². The van der Waals surface area contributed by atoms with Crippen LogP contribution < -0.4 is 9.47 Å². The third kappa shape index (κ3) is 3.60. The molecule has 0 unspecified atom stereocenters. The second-order valence-corrected chi connectivity index (χ2v) is 10.2. The first-order valence-electron chi connectivity index (χ1n) is 11.5. The van der Waals surface area contributed by atoms with Crippen LogP contribution in [0.3, 0.4) is 0 Å². The van der Waals surface area contributed by atoms with E-state index in [1.165, 1.54) is 56.4 Å². The zero-order chi connectivity index (χ0) is 20.7. The van der Waals surface area contributed by atoms with Crippen LogP contribution in [0.1, 0.15) is 49.7 Å². The molecule has 0 saturated carbocycles. The van der Waals surface area contributed by atoms with E-state index in [1.54, 1.807) is 7.11 Å². The lowest BCUT2D eigenvalue weighted by Crippen LogP contribution is -2.43. The van der Waals surface area contributed by atoms with Crippen molar-refractivity contribution < 1.29 is 14.6 Å². The number of piperidine rings is 1. The number of benzene rings is 1. The molecule has 1 aromatic carbocycles. The first-order valence-corrected chi connectivity index (χ1v) is 12.3. The number of hydrogen-bond donors (Lipinski definition) is 1. The Labute approximate surface area is 188 Å². The lowest BCUT2D eigenvalue weighted by molar-refractivity contribution is 0.0807. The van der Waals surface area contributed by atoms with Crippen LogP contribution in [0.2, 0.25) is 0 Å². The predicted octanol–water partition coefficient (Wildman–Crippen LogP) is 3.86. The van der Waals surface area contributed by atoms with Gasteiger partial charge in [-0.15, -0.1) is 0 Å². The average Bonchev–Trinajstić information content (AvgIpc) is 2.98. The Morgan fingerprint density at radius 3 is 2.80 bits per heavy atom. The van der Waals surface area contributed by atoms with Gasteiger partial charge in [-0.2, -0.15) is 0 Å². The number of hydrogen-bond acceptors (Lipinski definition) is 5. The number of ether oxygens (including phenoxy) is 2. The van der Waals surface area contributed by atoms with Gasteiger partial charge in [0, 0.05) is 23.0 Å². The summed E-state index contributed by atoms with van der Waals surface area (Å²) in [5, 5.41) is 10.3. The Morgan fingerprint density at radius 2 is 2.00 bits per heavy atom. The average molecular weight is 477 g/mol. The van der Waals surface area contributed by atoms with Gasteiger partial charge in [0.15, 0.2) is 11.5 Å². The number of aliphatic hydroxyl groups is 1. The number of rotatable bonds is 5. The molecule has 1 fully saturated rings. The van der Waals surface area contributed by atoms with Crippen molar-refractivity contribution in [1.82, 2.24) is 9.80 Å². The maximum absolute atomic E-state index is 10.3. The molecular formula is C24H33BrN2O3. The minimum atomic E-state index is -0.434. The topological polar surface area (TPSA) is 45.2 Å². The van der Waals surface area contributed by atoms with Gasteiger partial charge in [-0.1, -0.05) is 34.5 Å². The molecule has 1 aromatic rings. The van der Waals surface area contributed by atoms with E-state index >= 15 is 0 Å². The summed E-state index contributed by atoms with van der Waals surface area (Å²) in [4.78, 5) is 5.24. The molecule has 1 spiro atoms. The van der Waals surface area contributed by atoms with Gasteiger partial charge < -0.3 is 19.5 Å². The summed E-state index contributed by atoms with van der Waals surface area (Å²) in [6, 6.07) is 2.05. The summed E-state index contributed by atoms with van der Waals surface area (Å²) in [6.45, 7) is 6.85. The van der Waals surface area contributed by atoms with Crippen LogP contribution in [0.5, 0.6) is 11.5 Å². The molecule has 5 nitrogen and oxygen atoms in total. The Bertz CT molecular complexity index is 823. The number of methoxy groups -OCH3 is 1. The van der Waals surface area contributed by atoms with E-state index in [4.69, 9.17) is 9.47 Å². The van der Waals surface area contributed by atoms with Crippen LogP contribution in [-0.2, 0) is 12.0 Å². The van der Waals surface area contributed by atoms with Crippen molar-refractivity contribution in [3.8, 4) is 11.5 Å². The van der Waals surface area contributed by atoms with E-state index in [1.807, 2.05) is 6.08 Å². The van der Waals surface area contributed by atoms with E-state index in [0.717, 1.165) is 42.0 Å². The normalized spacial score (nSPS) is 31.0. The smallest absolute Gasteiger partial charge is 0.166 e. The van der Waals surface area contributed by atoms with E-state index in [0.29, 0.717) is 6.42 Å². The number of likely N-dealkylation sites (tertiary alicyclic amines) is 1. The van der Waals surface area contributed by atoms with E-state index in [2.05, 4.69) is 37.9 Å². The van der Waals surface area contributed by atoms with Gasteiger partial charge in [-0.05, 0) is 70.0 Å². The van der Waals surface area contributed by atoms with Gasteiger partial charge in [0.2, 0.25) is 0 Å². The van der Waals surface area contributed by atoms with Gasteiger partial charge >= 0.3 is 0 Å². The molecule has 6 heteroatoms. The monoisotopic (exact) mass is 476 g/mol. The summed E-state index contributed by atoms with van der Waals surface area (Å²) in [5.41, 5.74) is 2.44. The highest BCUT2D eigenvalue weighted by Crippen LogP contribution is 2.57. The van der Waals surface area contributed by atoms with Crippen molar-refractivity contribution in [1.29, 1.82) is 0 Å². The van der Waals surface area contributed by atoms with Crippen LogP contribution in [0.25, 0.3) is 0 Å². The molecule has 0 amide bonds. The van der Waals surface area contributed by atoms with Crippen LogP contribution in [0.4, 0.5) is 0 Å². The number of nitrogens with zero attached hydrogens (tertiary/aromatic N) is 2. The predicted molar refractivity (Wildman–Crippen MR) is 121 cm³/mol. The molecular weight excluding hydrogens is 444 g/mol. The minimum absolute atomic E-state index is 0.0252. The molecule has 1 saturated heterocycles. The minimum Gasteiger partial charge on any atom is -0.493 e. The fraction of sp³-hybridized carbons (Fsp3) is 0.667. The summed E-state index contributed by atoms with van der Waals surface area (Å²) in [6.07, 6.45) is 10.7. The Kier molecular flexibility index (Phi) is 5.86. The molecule has 0 radical (unpaired) electrons. The van der Waals surface area contributed by atoms with Gasteiger partial charge in [-0.25, -0.2) is 0 Å². The molecule has 1 aliphatic carbocycles. The van der Waals surface area contributed by atoms with Crippen molar-refractivity contribution in [3.05, 3.63) is 33.8 Å². The lowest BCUT2D eigenvalue weighted by atomic mass is 9.69. The number of halogens is 1. The van der Waals surface area contributed by atoms with Crippen molar-refractivity contribution in [2.75, 3.05) is 39.8 Å². The Morgan fingerprint density at radius 1 is 1.20 bits per heavy atom. The Balaban J connectivity index is 1.41. The second kappa shape index (κ2) is 8.45. The SMILES string of the molecule is COc1cc(Br)c2c3c1O[C@H]1C[C@@H](O)C=C[C@@]31CCN(CCCN1CCCCC1)C2. The maximum atomic E-state index is 10.3. The van der Waals surface area contributed by atoms with E-state index < -0.39 is 6.10 Å². The highest BCUT2D eigenvalue weighted by molar-refractivity contribution is 9.10. The van der Waals surface area contributed by atoms with Gasteiger partial charge in [0.25, 0.3) is 0 Å². The Hall–Kier alpha value is -1.08. The summed E-state index contributed by atoms with van der Waals surface area (Å²) >= 11 is 3.84. The quantitative estimate of drug-likeness (QED) is 0.653. The molecule has 4 aliphatic rings. The van der Waals surface area contributed by atoms with Crippen LogP contribution in [-0.4, -0.2) is 66.9 Å². The third-order valence-corrected chi connectivity index (χ3v) is 8.22. The first-order chi connectivity index (χ1) is 14.6. The molecule has 5 rings (SSSR count). The standard InChI is InChI=1S/C24H33BrN2O3/c1-29-20-15-19(25)18-16-27(12-5-11-26-9-3-2-4-10-26)13-8-24-7-6-17(28)14-21(24)30-23(20)22(18)24/h6-7,15,17,21,28H,2-5,8-14,16H2,1H3/t17-,21-,24-/m0/s1. The second-order valence-electron chi connectivity index (χ2n) is 9.33. The van der Waals surface area contributed by atoms with Crippen molar-refractivity contribution in [3.63, 3.8) is 0 Å². The third-order valence-electron chi connectivity index (χ3n) is 7.51. The highest BCUT2D eigenvalue weighted by Gasteiger charge is 2.53. The lowest BCUT2D eigenvalue weighted by Gasteiger charge is -2.36. The van der Waals surface area contributed by atoms with E-state index in [9.17, 15) is 5.11 Å². The van der Waals surface area contributed by atoms with Gasteiger partial charge in [0.05, 0.1) is 18.6 Å². The van der Waals surface area contributed by atoms with Crippen molar-refractivity contribution >= 4 is 15.9 Å². The molecule has 0 bridgehead atoms. The van der Waals surface area contributed by atoms with Crippen LogP contribution >= 0.6 is 15.9 Å². The zero-order valence-electron chi connectivity index (χ0n) is 17.9. The fourth-order valence-corrected chi connectivity index (χ4v) is 6.44. The summed E-state index contributed by atoms with van der Waals surface area (Å²) < 4.78 is 13.2. The van der Waals surface area contributed by atoms with Crippen LogP contribution in [0.15, 0.2) is 22.7 Å². The molecule has 30 heavy (non-hydrogen) atoms. The van der Waals surface area contributed by atoms with Gasteiger partial charge in [0.1, 0.15) is 6.10 Å². The molecule has 0 aromatic heterocycles. The number of aliphatic hydroxyl groups excluding tert-OH is 1. The maximum Gasteiger partial charge on any atom is 0.166 e. The molecule has 164 valence electrons. The first kappa shape index (κ1) is 20.8. The molecule has 3 aliphatic heterocycles. The van der Waals surface area contributed by atoms with E-state index in [-0.39, 0.29) is 11.5 Å². The molecule has 3 heterocycles. The van der Waals surface area contributed by atoms with Crippen molar-refractivity contribution in [2.24, 2.45) is 0 Å². The largest absolute Gasteiger partial charge is 0.493 e. The van der Waals surface area contributed by atoms with Crippen molar-refractivity contribution in [2.45, 2.75) is 62.7 Å². The van der Waals surface area contributed by atoms with Crippen LogP contribution in [0, 0.1) is 0 Å².